The van der Waals surface area contributed by atoms with Gasteiger partial charge in [-0.2, -0.15) is 15.8 Å². The molecule has 0 aliphatic heterocycles. The zero-order chi connectivity index (χ0) is 15.5. The van der Waals surface area contributed by atoms with Crippen LogP contribution >= 0.6 is 0 Å². The Morgan fingerprint density at radius 3 is 2.48 bits per heavy atom. The van der Waals surface area contributed by atoms with Crippen LogP contribution in [0.1, 0.15) is 39.0 Å². The predicted molar refractivity (Wildman–Crippen MR) is 78.2 cm³/mol. The molecule has 2 aliphatic rings. The van der Waals surface area contributed by atoms with E-state index in [4.69, 9.17) is 10.7 Å². The predicted octanol–water partition coefficient (Wildman–Crippen LogP) is 3.44. The van der Waals surface area contributed by atoms with Gasteiger partial charge >= 0.3 is 0 Å². The van der Waals surface area contributed by atoms with Crippen molar-refractivity contribution in [3.8, 4) is 18.2 Å². The monoisotopic (exact) mass is 276 g/mol. The topological polar surface area (TPSA) is 93.7 Å². The Morgan fingerprint density at radius 1 is 1.33 bits per heavy atom. The molecule has 0 aromatic rings. The number of rotatable bonds is 5. The van der Waals surface area contributed by atoms with Crippen LogP contribution < -0.4 is 0 Å². The lowest BCUT2D eigenvalue weighted by Crippen LogP contribution is -2.27. The summed E-state index contributed by atoms with van der Waals surface area (Å²) in [6.07, 6.45) is 6.90. The summed E-state index contributed by atoms with van der Waals surface area (Å²) in [5.74, 6) is 3.58. The lowest BCUT2D eigenvalue weighted by atomic mass is 9.72. The van der Waals surface area contributed by atoms with Crippen LogP contribution in [-0.2, 0) is 0 Å². The molecule has 1 atom stereocenters. The van der Waals surface area contributed by atoms with Crippen LogP contribution in [0.5, 0.6) is 0 Å². The van der Waals surface area contributed by atoms with Gasteiger partial charge in [-0.05, 0) is 31.3 Å². The first-order valence-corrected chi connectivity index (χ1v) is 7.13. The standard InChI is InChI=1S/C17H16N4/c1-12(14-3-4-14)6-13-2-5-15(7-13)17(10-20,11-21)16(8-18)9-19/h7,14-15H,2-6H2,1H3. The van der Waals surface area contributed by atoms with Gasteiger partial charge in [0.05, 0.1) is 30.6 Å². The van der Waals surface area contributed by atoms with Crippen molar-refractivity contribution >= 4 is 5.87 Å². The van der Waals surface area contributed by atoms with Crippen molar-refractivity contribution in [2.75, 3.05) is 0 Å². The minimum absolute atomic E-state index is 0.294. The zero-order valence-corrected chi connectivity index (χ0v) is 12.1. The van der Waals surface area contributed by atoms with Gasteiger partial charge in [-0.15, -0.1) is 0 Å². The van der Waals surface area contributed by atoms with Crippen molar-refractivity contribution in [3.63, 3.8) is 0 Å². The molecule has 0 spiro atoms. The second kappa shape index (κ2) is 5.88. The molecule has 0 saturated heterocycles. The van der Waals surface area contributed by atoms with Gasteiger partial charge in [-0.25, -0.2) is 0 Å². The third-order valence-corrected chi connectivity index (χ3v) is 4.52. The molecule has 2 aliphatic carbocycles. The largest absolute Gasteiger partial charge is 0.762 e. The van der Waals surface area contributed by atoms with E-state index in [1.807, 2.05) is 18.2 Å². The van der Waals surface area contributed by atoms with E-state index in [1.165, 1.54) is 24.3 Å². The van der Waals surface area contributed by atoms with Crippen LogP contribution in [0.25, 0.3) is 5.41 Å². The molecule has 0 N–H and O–H groups in total. The number of nitriles is 3. The van der Waals surface area contributed by atoms with Gasteiger partial charge in [-0.3, -0.25) is 5.87 Å². The Morgan fingerprint density at radius 2 is 2.00 bits per heavy atom. The average molecular weight is 276 g/mol. The van der Waals surface area contributed by atoms with Gasteiger partial charge in [0.2, 0.25) is 0 Å². The molecular formula is C17H16N4. The van der Waals surface area contributed by atoms with E-state index in [0.29, 0.717) is 6.42 Å². The first kappa shape index (κ1) is 14.9. The summed E-state index contributed by atoms with van der Waals surface area (Å²) in [4.78, 5) is 0. The molecule has 1 saturated carbocycles. The Balaban J connectivity index is 2.22. The summed E-state index contributed by atoms with van der Waals surface area (Å²) in [5, 5.41) is 36.9. The Bertz CT molecular complexity index is 613. The Kier molecular flexibility index (Phi) is 4.18. The van der Waals surface area contributed by atoms with E-state index in [-0.39, 0.29) is 11.5 Å². The first-order valence-electron chi connectivity index (χ1n) is 7.13. The SMILES string of the molecule is C[C+](CC1=CC(C(C#N)(C#N)C(=C=[N-])C#N)CC1)C1CC1. The highest BCUT2D eigenvalue weighted by molar-refractivity contribution is 5.71. The first-order chi connectivity index (χ1) is 10.1. The highest BCUT2D eigenvalue weighted by Crippen LogP contribution is 2.46. The smallest absolute Gasteiger partial charge is 0.189 e. The molecule has 21 heavy (non-hydrogen) atoms. The summed E-state index contributed by atoms with van der Waals surface area (Å²) in [5.41, 5.74) is -0.689. The number of allylic oxidation sites excluding steroid dienone is 3. The molecule has 1 unspecified atom stereocenters. The average Bonchev–Trinajstić information content (AvgIpc) is 3.26. The molecule has 0 radical (unpaired) electrons. The van der Waals surface area contributed by atoms with Crippen molar-refractivity contribution in [3.05, 3.63) is 28.5 Å². The second-order valence-electron chi connectivity index (χ2n) is 5.90. The van der Waals surface area contributed by atoms with Crippen LogP contribution in [0.3, 0.4) is 0 Å². The maximum atomic E-state index is 9.41. The van der Waals surface area contributed by atoms with Crippen molar-refractivity contribution in [2.24, 2.45) is 17.3 Å². The molecule has 4 nitrogen and oxygen atoms in total. The molecule has 2 rings (SSSR count). The van der Waals surface area contributed by atoms with Crippen molar-refractivity contribution < 1.29 is 0 Å². The third-order valence-electron chi connectivity index (χ3n) is 4.52. The lowest BCUT2D eigenvalue weighted by Gasteiger charge is -2.22. The van der Waals surface area contributed by atoms with E-state index in [2.05, 4.69) is 6.92 Å². The van der Waals surface area contributed by atoms with Crippen molar-refractivity contribution in [2.45, 2.75) is 39.0 Å². The van der Waals surface area contributed by atoms with Crippen LogP contribution in [0.2, 0.25) is 0 Å². The molecule has 0 amide bonds. The van der Waals surface area contributed by atoms with E-state index in [0.717, 1.165) is 18.8 Å². The molecule has 4 heteroatoms. The van der Waals surface area contributed by atoms with Gasteiger partial charge < -0.3 is 5.41 Å². The molecule has 1 fully saturated rings. The Hall–Kier alpha value is -2.47. The van der Waals surface area contributed by atoms with E-state index in [9.17, 15) is 10.5 Å². The van der Waals surface area contributed by atoms with Gasteiger partial charge in [0, 0.05) is 5.92 Å². The van der Waals surface area contributed by atoms with Gasteiger partial charge in [-0.1, -0.05) is 6.08 Å². The van der Waals surface area contributed by atoms with Crippen molar-refractivity contribution in [1.29, 1.82) is 15.8 Å². The summed E-state index contributed by atoms with van der Waals surface area (Å²) >= 11 is 0. The van der Waals surface area contributed by atoms with Crippen molar-refractivity contribution in [1.82, 2.24) is 0 Å². The summed E-state index contributed by atoms with van der Waals surface area (Å²) < 4.78 is 0. The Labute approximate surface area is 125 Å². The third kappa shape index (κ3) is 2.71. The fourth-order valence-corrected chi connectivity index (χ4v) is 3.05. The second-order valence-corrected chi connectivity index (χ2v) is 5.90. The minimum atomic E-state index is -1.63. The fraction of sp³-hybridized carbons (Fsp3) is 0.529. The molecule has 0 aromatic heterocycles. The fourth-order valence-electron chi connectivity index (χ4n) is 3.05. The minimum Gasteiger partial charge on any atom is -0.762 e. The molecule has 104 valence electrons. The normalized spacial score (nSPS) is 20.5. The summed E-state index contributed by atoms with van der Waals surface area (Å²) in [6, 6.07) is 5.58. The van der Waals surface area contributed by atoms with E-state index in [1.54, 1.807) is 11.9 Å². The molecule has 0 heterocycles. The molecular weight excluding hydrogens is 260 g/mol. The number of hydrogen-bond acceptors (Lipinski definition) is 3. The summed E-state index contributed by atoms with van der Waals surface area (Å²) in [7, 11) is 0. The van der Waals surface area contributed by atoms with Gasteiger partial charge in [0.25, 0.3) is 0 Å². The highest BCUT2D eigenvalue weighted by atomic mass is 14.5. The summed E-state index contributed by atoms with van der Waals surface area (Å²) in [6.45, 7) is 2.16. The van der Waals surface area contributed by atoms with Crippen LogP contribution in [0.4, 0.5) is 0 Å². The quantitative estimate of drug-likeness (QED) is 0.333. The molecule has 0 bridgehead atoms. The molecule has 0 aromatic carbocycles. The zero-order valence-electron chi connectivity index (χ0n) is 12.1. The highest BCUT2D eigenvalue weighted by Gasteiger charge is 2.45. The van der Waals surface area contributed by atoms with Crippen LogP contribution in [0.15, 0.2) is 17.2 Å². The van der Waals surface area contributed by atoms with Crippen LogP contribution in [0, 0.1) is 57.2 Å². The maximum Gasteiger partial charge on any atom is 0.189 e. The maximum absolute atomic E-state index is 9.41. The van der Waals surface area contributed by atoms with E-state index >= 15 is 0 Å². The van der Waals surface area contributed by atoms with E-state index < -0.39 is 5.41 Å². The number of hydrogen-bond donors (Lipinski definition) is 0. The van der Waals surface area contributed by atoms with Gasteiger partial charge in [0.15, 0.2) is 5.41 Å². The van der Waals surface area contributed by atoms with Gasteiger partial charge in [0.1, 0.15) is 18.4 Å². The van der Waals surface area contributed by atoms with Crippen LogP contribution in [-0.4, -0.2) is 5.87 Å². The lowest BCUT2D eigenvalue weighted by molar-refractivity contribution is 0.447. The number of nitrogens with zero attached hydrogens (tertiary/aromatic N) is 4.